The van der Waals surface area contributed by atoms with Crippen LogP contribution in [-0.4, -0.2) is 31.8 Å². The van der Waals surface area contributed by atoms with Gasteiger partial charge in [-0.1, -0.05) is 0 Å². The number of furan rings is 1. The van der Waals surface area contributed by atoms with Crippen LogP contribution >= 0.6 is 0 Å². The third-order valence-electron chi connectivity index (χ3n) is 3.79. The maximum atomic E-state index is 12.2. The summed E-state index contributed by atoms with van der Waals surface area (Å²) in [5.74, 6) is 2.29. The minimum atomic E-state index is -0.673. The number of carbonyl (C=O) groups excluding carboxylic acids is 1. The second-order valence-corrected chi connectivity index (χ2v) is 5.50. The number of nitrogens with one attached hydrogen (secondary N) is 1. The minimum Gasteiger partial charge on any atom is -0.493 e. The van der Waals surface area contributed by atoms with Crippen LogP contribution in [-0.2, 0) is 0 Å². The van der Waals surface area contributed by atoms with E-state index in [1.165, 1.54) is 7.11 Å². The van der Waals surface area contributed by atoms with Gasteiger partial charge in [0.25, 0.3) is 5.91 Å². The molecule has 24 heavy (non-hydrogen) atoms. The molecule has 0 bridgehead atoms. The van der Waals surface area contributed by atoms with Crippen LogP contribution in [0.4, 0.5) is 0 Å². The molecule has 0 saturated heterocycles. The van der Waals surface area contributed by atoms with Gasteiger partial charge in [-0.3, -0.25) is 4.79 Å². The minimum absolute atomic E-state index is 0.233. The molecule has 0 saturated carbocycles. The smallest absolute Gasteiger partial charge is 0.251 e. The van der Waals surface area contributed by atoms with E-state index in [0.717, 1.165) is 11.3 Å². The molecule has 2 N–H and O–H groups in total. The summed E-state index contributed by atoms with van der Waals surface area (Å²) in [5.41, 5.74) is 1.23. The molecule has 0 fully saturated rings. The monoisotopic (exact) mass is 333 g/mol. The third-order valence-corrected chi connectivity index (χ3v) is 3.79. The zero-order chi connectivity index (χ0) is 17.7. The molecule has 130 valence electrons. The lowest BCUT2D eigenvalue weighted by molar-refractivity contribution is 0.0942. The van der Waals surface area contributed by atoms with Crippen LogP contribution in [0.2, 0.25) is 0 Å². The first-order valence-electron chi connectivity index (χ1n) is 7.71. The van der Waals surface area contributed by atoms with Gasteiger partial charge in [0, 0.05) is 17.7 Å². The number of amides is 1. The van der Waals surface area contributed by atoms with E-state index in [2.05, 4.69) is 5.32 Å². The van der Waals surface area contributed by atoms with Crippen molar-refractivity contribution in [2.75, 3.05) is 20.8 Å². The zero-order valence-corrected chi connectivity index (χ0v) is 14.4. The van der Waals surface area contributed by atoms with Crippen molar-refractivity contribution in [1.29, 1.82) is 0 Å². The molecule has 0 aliphatic heterocycles. The summed E-state index contributed by atoms with van der Waals surface area (Å²) < 4.78 is 15.7. The molecule has 0 unspecified atom stereocenters. The summed E-state index contributed by atoms with van der Waals surface area (Å²) >= 11 is 0. The number of aliphatic hydroxyl groups is 1. The molecule has 1 amide bonds. The van der Waals surface area contributed by atoms with E-state index < -0.39 is 6.10 Å². The van der Waals surface area contributed by atoms with Crippen molar-refractivity contribution in [1.82, 2.24) is 5.32 Å². The highest BCUT2D eigenvalue weighted by molar-refractivity contribution is 5.94. The normalized spacial score (nSPS) is 11.9. The summed E-state index contributed by atoms with van der Waals surface area (Å²) in [6, 6.07) is 6.78. The van der Waals surface area contributed by atoms with Crippen molar-refractivity contribution in [2.24, 2.45) is 0 Å². The summed E-state index contributed by atoms with van der Waals surface area (Å²) in [4.78, 5) is 12.2. The number of ether oxygens (including phenoxy) is 2. The predicted molar refractivity (Wildman–Crippen MR) is 89.6 cm³/mol. The Morgan fingerprint density at radius 3 is 2.50 bits per heavy atom. The Hall–Kier alpha value is -2.47. The van der Waals surface area contributed by atoms with E-state index in [1.54, 1.807) is 25.3 Å². The lowest BCUT2D eigenvalue weighted by atomic mass is 10.1. The fourth-order valence-electron chi connectivity index (χ4n) is 2.54. The first-order chi connectivity index (χ1) is 11.5. The molecule has 2 aromatic rings. The van der Waals surface area contributed by atoms with Crippen molar-refractivity contribution in [2.45, 2.75) is 26.4 Å². The Morgan fingerprint density at radius 2 is 1.92 bits per heavy atom. The number of hydrogen-bond acceptors (Lipinski definition) is 5. The Labute approximate surface area is 141 Å². The van der Waals surface area contributed by atoms with Crippen LogP contribution in [0.5, 0.6) is 11.5 Å². The number of carbonyl (C=O) groups is 1. The fraction of sp³-hybridized carbons (Fsp3) is 0.389. The number of benzene rings is 1. The van der Waals surface area contributed by atoms with Gasteiger partial charge in [0.05, 0.1) is 20.3 Å². The largest absolute Gasteiger partial charge is 0.493 e. The third kappa shape index (κ3) is 4.08. The van der Waals surface area contributed by atoms with E-state index >= 15 is 0 Å². The molecule has 1 heterocycles. The molecular weight excluding hydrogens is 310 g/mol. The quantitative estimate of drug-likeness (QED) is 0.814. The molecule has 1 aromatic carbocycles. The van der Waals surface area contributed by atoms with Gasteiger partial charge in [-0.15, -0.1) is 0 Å². The molecular formula is C18H23NO5. The highest BCUT2D eigenvalue weighted by Gasteiger charge is 2.15. The van der Waals surface area contributed by atoms with E-state index in [9.17, 15) is 9.90 Å². The molecule has 0 aliphatic carbocycles. The molecule has 0 aliphatic rings. The maximum absolute atomic E-state index is 12.2. The molecule has 0 radical (unpaired) electrons. The SMILES string of the molecule is COc1ccc(C(=O)NCC[C@H](O)c2cc(C)oc2C)cc1OC. The van der Waals surface area contributed by atoms with Gasteiger partial charge in [0.15, 0.2) is 11.5 Å². The Balaban J connectivity index is 1.92. The average molecular weight is 333 g/mol. The topological polar surface area (TPSA) is 80.9 Å². The van der Waals surface area contributed by atoms with E-state index in [1.807, 2.05) is 19.9 Å². The number of aryl methyl sites for hydroxylation is 2. The number of hydrogen-bond donors (Lipinski definition) is 2. The maximum Gasteiger partial charge on any atom is 0.251 e. The van der Waals surface area contributed by atoms with Crippen LogP contribution in [0.25, 0.3) is 0 Å². The van der Waals surface area contributed by atoms with Crippen molar-refractivity contribution < 1.29 is 23.8 Å². The molecule has 6 nitrogen and oxygen atoms in total. The zero-order valence-electron chi connectivity index (χ0n) is 14.4. The van der Waals surface area contributed by atoms with Gasteiger partial charge < -0.3 is 24.3 Å². The molecule has 2 rings (SSSR count). The van der Waals surface area contributed by atoms with Crippen molar-refractivity contribution in [3.05, 3.63) is 46.9 Å². The lowest BCUT2D eigenvalue weighted by Gasteiger charge is -2.12. The summed E-state index contributed by atoms with van der Waals surface area (Å²) in [7, 11) is 3.06. The Kier molecular flexibility index (Phi) is 5.87. The van der Waals surface area contributed by atoms with Crippen LogP contribution in [0.15, 0.2) is 28.7 Å². The molecule has 0 spiro atoms. The van der Waals surface area contributed by atoms with Gasteiger partial charge in [0.2, 0.25) is 0 Å². The van der Waals surface area contributed by atoms with Gasteiger partial charge in [-0.05, 0) is 44.5 Å². The van der Waals surface area contributed by atoms with Gasteiger partial charge in [-0.25, -0.2) is 0 Å². The predicted octanol–water partition coefficient (Wildman–Crippen LogP) is 2.77. The van der Waals surface area contributed by atoms with Crippen molar-refractivity contribution in [3.8, 4) is 11.5 Å². The second kappa shape index (κ2) is 7.88. The Bertz CT molecular complexity index is 707. The molecule has 1 aromatic heterocycles. The first-order valence-corrected chi connectivity index (χ1v) is 7.71. The summed E-state index contributed by atoms with van der Waals surface area (Å²) in [6.07, 6.45) is -0.271. The van der Waals surface area contributed by atoms with E-state index in [-0.39, 0.29) is 5.91 Å². The first kappa shape index (κ1) is 17.9. The van der Waals surface area contributed by atoms with Gasteiger partial charge in [0.1, 0.15) is 11.5 Å². The summed E-state index contributed by atoms with van der Waals surface area (Å²) in [6.45, 7) is 3.99. The molecule has 6 heteroatoms. The standard InChI is InChI=1S/C18H23NO5/c1-11-9-14(12(2)24-11)15(20)7-8-19-18(21)13-5-6-16(22-3)17(10-13)23-4/h5-6,9-10,15,20H,7-8H2,1-4H3,(H,19,21)/t15-/m0/s1. The highest BCUT2D eigenvalue weighted by atomic mass is 16.5. The van der Waals surface area contributed by atoms with Crippen LogP contribution < -0.4 is 14.8 Å². The van der Waals surface area contributed by atoms with Crippen LogP contribution in [0.1, 0.15) is 40.0 Å². The van der Waals surface area contributed by atoms with Gasteiger partial charge >= 0.3 is 0 Å². The summed E-state index contributed by atoms with van der Waals surface area (Å²) in [5, 5.41) is 13.0. The Morgan fingerprint density at radius 1 is 1.21 bits per heavy atom. The second-order valence-electron chi connectivity index (χ2n) is 5.50. The van der Waals surface area contributed by atoms with Crippen molar-refractivity contribution in [3.63, 3.8) is 0 Å². The van der Waals surface area contributed by atoms with E-state index in [0.29, 0.717) is 35.8 Å². The van der Waals surface area contributed by atoms with Gasteiger partial charge in [-0.2, -0.15) is 0 Å². The average Bonchev–Trinajstić information content (AvgIpc) is 2.92. The number of methoxy groups -OCH3 is 2. The fourth-order valence-corrected chi connectivity index (χ4v) is 2.54. The lowest BCUT2D eigenvalue weighted by Crippen LogP contribution is -2.25. The van der Waals surface area contributed by atoms with Crippen LogP contribution in [0.3, 0.4) is 0 Å². The van der Waals surface area contributed by atoms with E-state index in [4.69, 9.17) is 13.9 Å². The number of aliphatic hydroxyl groups excluding tert-OH is 1. The highest BCUT2D eigenvalue weighted by Crippen LogP contribution is 2.27. The number of rotatable bonds is 7. The van der Waals surface area contributed by atoms with Crippen LogP contribution in [0, 0.1) is 13.8 Å². The molecule has 1 atom stereocenters. The van der Waals surface area contributed by atoms with Crippen molar-refractivity contribution >= 4 is 5.91 Å².